The van der Waals surface area contributed by atoms with Gasteiger partial charge in [0, 0.05) is 32.0 Å². The predicted molar refractivity (Wildman–Crippen MR) is 133 cm³/mol. The Morgan fingerprint density at radius 2 is 1.72 bits per heavy atom. The lowest BCUT2D eigenvalue weighted by molar-refractivity contribution is -0.125. The average molecular weight is 500 g/mol. The van der Waals surface area contributed by atoms with Gasteiger partial charge in [-0.15, -0.1) is 0 Å². The topological polar surface area (TPSA) is 81.4 Å². The SMILES string of the molecule is CC(=O)NC(Cc1cc(F)cc(F)c1)C(O)CNC1(c2cccc(C(C)C)c2)CC2C(C1)N2C(C)=O. The van der Waals surface area contributed by atoms with E-state index in [1.54, 1.807) is 6.92 Å². The summed E-state index contributed by atoms with van der Waals surface area (Å²) >= 11 is 0. The molecule has 2 aromatic rings. The van der Waals surface area contributed by atoms with Gasteiger partial charge in [-0.1, -0.05) is 38.1 Å². The summed E-state index contributed by atoms with van der Waals surface area (Å²) in [5.41, 5.74) is 2.24. The summed E-state index contributed by atoms with van der Waals surface area (Å²) in [5.74, 6) is -1.32. The van der Waals surface area contributed by atoms with Crippen molar-refractivity contribution in [3.63, 3.8) is 0 Å². The lowest BCUT2D eigenvalue weighted by atomic mass is 9.84. The van der Waals surface area contributed by atoms with E-state index in [2.05, 4.69) is 42.7 Å². The van der Waals surface area contributed by atoms with Crippen molar-refractivity contribution in [2.75, 3.05) is 6.54 Å². The number of hydrogen-bond acceptors (Lipinski definition) is 4. The molecule has 6 nitrogen and oxygen atoms in total. The van der Waals surface area contributed by atoms with Crippen LogP contribution in [0.2, 0.25) is 0 Å². The minimum Gasteiger partial charge on any atom is -0.390 e. The molecule has 2 aromatic carbocycles. The number of hydrogen-bond donors (Lipinski definition) is 3. The zero-order valence-corrected chi connectivity index (χ0v) is 21.2. The fraction of sp³-hybridized carbons (Fsp3) is 0.500. The summed E-state index contributed by atoms with van der Waals surface area (Å²) in [6.07, 6.45) is 0.527. The molecule has 1 aliphatic heterocycles. The number of rotatable bonds is 9. The summed E-state index contributed by atoms with van der Waals surface area (Å²) in [5, 5.41) is 17.4. The number of aliphatic hydroxyl groups excluding tert-OH is 1. The predicted octanol–water partition coefficient (Wildman–Crippen LogP) is 3.37. The van der Waals surface area contributed by atoms with Crippen LogP contribution >= 0.6 is 0 Å². The quantitative estimate of drug-likeness (QED) is 0.462. The van der Waals surface area contributed by atoms with Crippen LogP contribution in [-0.2, 0) is 21.5 Å². The normalized spacial score (nSPS) is 24.4. The Hall–Kier alpha value is -2.84. The van der Waals surface area contributed by atoms with E-state index in [0.29, 0.717) is 11.5 Å². The van der Waals surface area contributed by atoms with E-state index in [1.807, 2.05) is 11.0 Å². The average Bonchev–Trinajstić information content (AvgIpc) is 3.33. The summed E-state index contributed by atoms with van der Waals surface area (Å²) in [7, 11) is 0. The molecule has 3 N–H and O–H groups in total. The highest BCUT2D eigenvalue weighted by molar-refractivity contribution is 5.77. The van der Waals surface area contributed by atoms with Gasteiger partial charge in [-0.3, -0.25) is 9.59 Å². The van der Waals surface area contributed by atoms with Gasteiger partial charge in [0.1, 0.15) is 11.6 Å². The lowest BCUT2D eigenvalue weighted by Gasteiger charge is -2.36. The van der Waals surface area contributed by atoms with Gasteiger partial charge in [-0.25, -0.2) is 8.78 Å². The number of piperidine rings is 1. The number of amides is 2. The van der Waals surface area contributed by atoms with E-state index < -0.39 is 29.3 Å². The molecule has 4 unspecified atom stereocenters. The maximum absolute atomic E-state index is 13.7. The van der Waals surface area contributed by atoms with Crippen LogP contribution in [0.25, 0.3) is 0 Å². The standard InChI is InChI=1S/C28H35F2N3O3/c1-16(2)20-6-5-7-21(11-20)28(13-25-26(14-28)33(25)18(4)35)31-15-27(36)24(32-17(3)34)10-19-8-22(29)12-23(30)9-19/h5-9,11-12,16,24-27,31,36H,10,13-15H2,1-4H3,(H,32,34). The second-order valence-corrected chi connectivity index (χ2v) is 10.6. The van der Waals surface area contributed by atoms with Crippen molar-refractivity contribution < 1.29 is 23.5 Å². The molecular weight excluding hydrogens is 464 g/mol. The van der Waals surface area contributed by atoms with E-state index in [-0.39, 0.29) is 36.9 Å². The first-order valence-electron chi connectivity index (χ1n) is 12.5. The van der Waals surface area contributed by atoms with Gasteiger partial charge in [0.2, 0.25) is 11.8 Å². The molecule has 1 aliphatic carbocycles. The number of likely N-dealkylation sites (tertiary alicyclic amines) is 1. The number of halogens is 2. The zero-order chi connectivity index (χ0) is 26.2. The molecule has 2 amide bonds. The fourth-order valence-electron chi connectivity index (χ4n) is 5.72. The Balaban J connectivity index is 1.54. The molecule has 4 rings (SSSR count). The number of carbonyl (C=O) groups is 2. The molecule has 8 heteroatoms. The minimum absolute atomic E-state index is 0.0719. The molecule has 2 aliphatic rings. The molecule has 4 atom stereocenters. The third-order valence-electron chi connectivity index (χ3n) is 7.53. The summed E-state index contributed by atoms with van der Waals surface area (Å²) in [4.78, 5) is 25.7. The number of aliphatic hydroxyl groups is 1. The largest absolute Gasteiger partial charge is 0.390 e. The molecule has 0 aromatic heterocycles. The van der Waals surface area contributed by atoms with Crippen molar-refractivity contribution in [2.24, 2.45) is 0 Å². The van der Waals surface area contributed by atoms with Crippen LogP contribution in [0.4, 0.5) is 8.78 Å². The van der Waals surface area contributed by atoms with Crippen LogP contribution in [0.3, 0.4) is 0 Å². The Labute approximate surface area is 211 Å². The molecule has 1 saturated heterocycles. The first-order valence-corrected chi connectivity index (χ1v) is 12.5. The van der Waals surface area contributed by atoms with Crippen molar-refractivity contribution in [1.29, 1.82) is 0 Å². The van der Waals surface area contributed by atoms with Gasteiger partial charge in [0.25, 0.3) is 0 Å². The molecule has 0 radical (unpaired) electrons. The smallest absolute Gasteiger partial charge is 0.220 e. The molecular formula is C28H35F2N3O3. The number of benzene rings is 2. The maximum atomic E-state index is 13.7. The Kier molecular flexibility index (Phi) is 7.48. The highest BCUT2D eigenvalue weighted by atomic mass is 19.1. The van der Waals surface area contributed by atoms with Crippen molar-refractivity contribution in [3.8, 4) is 0 Å². The van der Waals surface area contributed by atoms with E-state index in [1.165, 1.54) is 24.6 Å². The number of nitrogens with zero attached hydrogens (tertiary/aromatic N) is 1. The molecule has 1 heterocycles. The second kappa shape index (κ2) is 10.3. The van der Waals surface area contributed by atoms with E-state index in [4.69, 9.17) is 0 Å². The molecule has 1 saturated carbocycles. The molecule has 0 bridgehead atoms. The Bertz CT molecular complexity index is 1110. The first-order chi connectivity index (χ1) is 17.0. The summed E-state index contributed by atoms with van der Waals surface area (Å²) < 4.78 is 27.4. The Morgan fingerprint density at radius 1 is 1.08 bits per heavy atom. The fourth-order valence-corrected chi connectivity index (χ4v) is 5.72. The third-order valence-corrected chi connectivity index (χ3v) is 7.53. The van der Waals surface area contributed by atoms with Gasteiger partial charge in [-0.2, -0.15) is 0 Å². The van der Waals surface area contributed by atoms with Crippen LogP contribution in [0, 0.1) is 11.6 Å². The Morgan fingerprint density at radius 3 is 2.28 bits per heavy atom. The molecule has 194 valence electrons. The van der Waals surface area contributed by atoms with Crippen LogP contribution < -0.4 is 10.6 Å². The van der Waals surface area contributed by atoms with Gasteiger partial charge in [0.05, 0.1) is 24.2 Å². The first kappa shape index (κ1) is 26.2. The van der Waals surface area contributed by atoms with Crippen LogP contribution in [0.1, 0.15) is 63.1 Å². The molecule has 2 fully saturated rings. The van der Waals surface area contributed by atoms with Crippen LogP contribution in [-0.4, -0.2) is 52.6 Å². The van der Waals surface area contributed by atoms with Crippen molar-refractivity contribution in [2.45, 2.75) is 82.6 Å². The van der Waals surface area contributed by atoms with Gasteiger partial charge >= 0.3 is 0 Å². The minimum atomic E-state index is -1.01. The van der Waals surface area contributed by atoms with Gasteiger partial charge in [0.15, 0.2) is 0 Å². The van der Waals surface area contributed by atoms with E-state index >= 15 is 0 Å². The van der Waals surface area contributed by atoms with E-state index in [9.17, 15) is 23.5 Å². The number of fused-ring (bicyclic) bond motifs is 1. The van der Waals surface area contributed by atoms with Crippen molar-refractivity contribution >= 4 is 11.8 Å². The second-order valence-electron chi connectivity index (χ2n) is 10.6. The lowest BCUT2D eigenvalue weighted by Crippen LogP contribution is -2.52. The van der Waals surface area contributed by atoms with E-state index in [0.717, 1.165) is 24.5 Å². The monoisotopic (exact) mass is 499 g/mol. The molecule has 36 heavy (non-hydrogen) atoms. The third kappa shape index (κ3) is 5.60. The van der Waals surface area contributed by atoms with Crippen molar-refractivity contribution in [1.82, 2.24) is 15.5 Å². The summed E-state index contributed by atoms with van der Waals surface area (Å²) in [6, 6.07) is 11.2. The maximum Gasteiger partial charge on any atom is 0.220 e. The highest BCUT2D eigenvalue weighted by Gasteiger charge is 2.61. The summed E-state index contributed by atoms with van der Waals surface area (Å²) in [6.45, 7) is 7.37. The molecule has 0 spiro atoms. The zero-order valence-electron chi connectivity index (χ0n) is 21.2. The van der Waals surface area contributed by atoms with Crippen LogP contribution in [0.5, 0.6) is 0 Å². The number of nitrogens with one attached hydrogen (secondary N) is 2. The van der Waals surface area contributed by atoms with Gasteiger partial charge < -0.3 is 20.6 Å². The van der Waals surface area contributed by atoms with Crippen molar-refractivity contribution in [3.05, 3.63) is 70.8 Å². The number of carbonyl (C=O) groups excluding carboxylic acids is 2. The van der Waals surface area contributed by atoms with Gasteiger partial charge in [-0.05, 0) is 54.0 Å². The highest BCUT2D eigenvalue weighted by Crippen LogP contribution is 2.52. The van der Waals surface area contributed by atoms with Crippen LogP contribution in [0.15, 0.2) is 42.5 Å².